The van der Waals surface area contributed by atoms with Crippen molar-refractivity contribution >= 4 is 79.5 Å². The van der Waals surface area contributed by atoms with Crippen molar-refractivity contribution < 1.29 is 0 Å². The standard InChI is InChI=1S/C24H17BrCl3NS/c25-18-4-8-24-22(11-18)17(13-29-24)10-21(9-15-1-5-19(26)6-2-15)30-14-16-3-7-20(27)12-23(16)28/h1-8,10-13,29H,9,14H2. The second kappa shape index (κ2) is 9.84. The van der Waals surface area contributed by atoms with E-state index in [1.165, 1.54) is 15.9 Å². The highest BCUT2D eigenvalue weighted by molar-refractivity contribution is 9.10. The Bertz CT molecular complexity index is 1220. The summed E-state index contributed by atoms with van der Waals surface area (Å²) >= 11 is 23.8. The number of allylic oxidation sites excluding steroid dienone is 1. The summed E-state index contributed by atoms with van der Waals surface area (Å²) in [6.45, 7) is 0. The number of benzene rings is 3. The van der Waals surface area contributed by atoms with Crippen molar-refractivity contribution in [2.24, 2.45) is 0 Å². The molecule has 0 spiro atoms. The molecule has 1 N–H and O–H groups in total. The number of aromatic amines is 1. The van der Waals surface area contributed by atoms with Crippen LogP contribution in [0.1, 0.15) is 16.7 Å². The Morgan fingerprint density at radius 1 is 0.933 bits per heavy atom. The minimum atomic E-state index is 0.648. The number of nitrogens with one attached hydrogen (secondary N) is 1. The van der Waals surface area contributed by atoms with Gasteiger partial charge in [0.2, 0.25) is 0 Å². The molecule has 0 amide bonds. The zero-order valence-corrected chi connectivity index (χ0v) is 20.4. The molecule has 3 aromatic carbocycles. The van der Waals surface area contributed by atoms with Crippen LogP contribution in [0.25, 0.3) is 17.0 Å². The van der Waals surface area contributed by atoms with Gasteiger partial charge in [0.05, 0.1) is 0 Å². The number of fused-ring (bicyclic) bond motifs is 1. The molecule has 1 aromatic heterocycles. The van der Waals surface area contributed by atoms with Gasteiger partial charge in [-0.1, -0.05) is 68.9 Å². The number of thioether (sulfide) groups is 1. The summed E-state index contributed by atoms with van der Waals surface area (Å²) in [6, 6.07) is 19.9. The van der Waals surface area contributed by atoms with Gasteiger partial charge in [0.1, 0.15) is 0 Å². The molecular weight excluding hydrogens is 521 g/mol. The number of H-pyrrole nitrogens is 1. The molecule has 0 saturated carbocycles. The molecule has 0 radical (unpaired) electrons. The van der Waals surface area contributed by atoms with Crippen LogP contribution in [-0.4, -0.2) is 4.98 Å². The molecule has 0 atom stereocenters. The molecule has 0 fully saturated rings. The lowest BCUT2D eigenvalue weighted by molar-refractivity contribution is 1.25. The Morgan fingerprint density at radius 2 is 1.70 bits per heavy atom. The molecule has 0 unspecified atom stereocenters. The van der Waals surface area contributed by atoms with E-state index in [2.05, 4.69) is 57.5 Å². The van der Waals surface area contributed by atoms with E-state index in [1.807, 2.05) is 30.3 Å². The smallest absolute Gasteiger partial charge is 0.0461 e. The van der Waals surface area contributed by atoms with Crippen LogP contribution in [-0.2, 0) is 12.2 Å². The van der Waals surface area contributed by atoms with Gasteiger partial charge in [0.25, 0.3) is 0 Å². The maximum absolute atomic E-state index is 6.39. The Balaban J connectivity index is 1.65. The highest BCUT2D eigenvalue weighted by Crippen LogP contribution is 2.33. The Hall–Kier alpha value is -1.36. The van der Waals surface area contributed by atoms with E-state index in [-0.39, 0.29) is 0 Å². The first-order valence-corrected chi connectivity index (χ1v) is 12.2. The van der Waals surface area contributed by atoms with Gasteiger partial charge in [-0.2, -0.15) is 0 Å². The summed E-state index contributed by atoms with van der Waals surface area (Å²) in [5.41, 5.74) is 4.54. The summed E-state index contributed by atoms with van der Waals surface area (Å²) in [6.07, 6.45) is 5.11. The van der Waals surface area contributed by atoms with E-state index in [0.29, 0.717) is 10.0 Å². The molecule has 4 rings (SSSR count). The second-order valence-electron chi connectivity index (χ2n) is 6.87. The molecule has 6 heteroatoms. The van der Waals surface area contributed by atoms with Gasteiger partial charge >= 0.3 is 0 Å². The first-order chi connectivity index (χ1) is 14.5. The van der Waals surface area contributed by atoms with Crippen LogP contribution in [0.4, 0.5) is 0 Å². The van der Waals surface area contributed by atoms with Gasteiger partial charge in [-0.15, -0.1) is 11.8 Å². The highest BCUT2D eigenvalue weighted by atomic mass is 79.9. The minimum Gasteiger partial charge on any atom is -0.361 e. The predicted molar refractivity (Wildman–Crippen MR) is 137 cm³/mol. The van der Waals surface area contributed by atoms with E-state index < -0.39 is 0 Å². The number of hydrogen-bond donors (Lipinski definition) is 1. The SMILES string of the molecule is Clc1ccc(CC(=Cc2c[nH]c3ccc(Br)cc23)SCc2ccc(Cl)cc2Cl)cc1. The average Bonchev–Trinajstić information content (AvgIpc) is 3.10. The minimum absolute atomic E-state index is 0.648. The Kier molecular flexibility index (Phi) is 7.17. The quantitative estimate of drug-likeness (QED) is 0.259. The lowest BCUT2D eigenvalue weighted by Gasteiger charge is -2.10. The Morgan fingerprint density at radius 3 is 2.47 bits per heavy atom. The van der Waals surface area contributed by atoms with Crippen molar-refractivity contribution in [1.29, 1.82) is 0 Å². The maximum Gasteiger partial charge on any atom is 0.0461 e. The molecule has 1 nitrogen and oxygen atoms in total. The topological polar surface area (TPSA) is 15.8 Å². The van der Waals surface area contributed by atoms with Crippen LogP contribution in [0.15, 0.2) is 76.2 Å². The van der Waals surface area contributed by atoms with Gasteiger partial charge in [0.15, 0.2) is 0 Å². The number of aromatic nitrogens is 1. The average molecular weight is 538 g/mol. The largest absolute Gasteiger partial charge is 0.361 e. The van der Waals surface area contributed by atoms with Crippen molar-refractivity contribution in [2.45, 2.75) is 12.2 Å². The molecule has 30 heavy (non-hydrogen) atoms. The number of hydrogen-bond acceptors (Lipinski definition) is 1. The van der Waals surface area contributed by atoms with Crippen LogP contribution in [0.2, 0.25) is 15.1 Å². The molecule has 1 heterocycles. The lowest BCUT2D eigenvalue weighted by Crippen LogP contribution is -1.90. The van der Waals surface area contributed by atoms with Crippen LogP contribution in [0, 0.1) is 0 Å². The molecular formula is C24H17BrCl3NS. The molecule has 152 valence electrons. The zero-order valence-electron chi connectivity index (χ0n) is 15.8. The Labute approximate surface area is 203 Å². The fraction of sp³-hybridized carbons (Fsp3) is 0.0833. The summed E-state index contributed by atoms with van der Waals surface area (Å²) in [7, 11) is 0. The van der Waals surface area contributed by atoms with Crippen LogP contribution in [0.5, 0.6) is 0 Å². The first kappa shape index (κ1) is 21.9. The van der Waals surface area contributed by atoms with E-state index in [9.17, 15) is 0 Å². The number of rotatable bonds is 6. The van der Waals surface area contributed by atoms with Gasteiger partial charge in [-0.05, 0) is 64.6 Å². The van der Waals surface area contributed by atoms with E-state index >= 15 is 0 Å². The third kappa shape index (κ3) is 5.46. The molecule has 0 bridgehead atoms. The van der Waals surface area contributed by atoms with Gasteiger partial charge in [0, 0.05) is 54.4 Å². The predicted octanol–water partition coefficient (Wildman–Crippen LogP) is 9.41. The van der Waals surface area contributed by atoms with E-state index in [1.54, 1.807) is 17.8 Å². The number of halogens is 4. The summed E-state index contributed by atoms with van der Waals surface area (Å²) in [5, 5.41) is 3.27. The normalized spacial score (nSPS) is 11.9. The molecule has 0 aliphatic carbocycles. The zero-order chi connectivity index (χ0) is 21.1. The van der Waals surface area contributed by atoms with Crippen molar-refractivity contribution in [1.82, 2.24) is 4.98 Å². The van der Waals surface area contributed by atoms with E-state index in [0.717, 1.165) is 38.3 Å². The first-order valence-electron chi connectivity index (χ1n) is 9.26. The van der Waals surface area contributed by atoms with Crippen molar-refractivity contribution in [3.63, 3.8) is 0 Å². The fourth-order valence-corrected chi connectivity index (χ4v) is 5.28. The fourth-order valence-electron chi connectivity index (χ4n) is 3.16. The summed E-state index contributed by atoms with van der Waals surface area (Å²) in [5.74, 6) is 0.765. The van der Waals surface area contributed by atoms with E-state index in [4.69, 9.17) is 34.8 Å². The van der Waals surface area contributed by atoms with Crippen LogP contribution in [0.3, 0.4) is 0 Å². The van der Waals surface area contributed by atoms with Crippen LogP contribution >= 0.6 is 62.5 Å². The second-order valence-corrected chi connectivity index (χ2v) is 10.2. The third-order valence-corrected chi connectivity index (χ3v) is 7.13. The molecule has 0 aliphatic heterocycles. The molecule has 0 saturated heterocycles. The highest BCUT2D eigenvalue weighted by Gasteiger charge is 2.09. The van der Waals surface area contributed by atoms with Crippen LogP contribution < -0.4 is 0 Å². The van der Waals surface area contributed by atoms with Crippen molar-refractivity contribution in [2.75, 3.05) is 0 Å². The third-order valence-electron chi connectivity index (χ3n) is 4.71. The molecule has 4 aromatic rings. The van der Waals surface area contributed by atoms with Crippen molar-refractivity contribution in [3.05, 3.63) is 108 Å². The lowest BCUT2D eigenvalue weighted by atomic mass is 10.1. The molecule has 0 aliphatic rings. The van der Waals surface area contributed by atoms with Crippen molar-refractivity contribution in [3.8, 4) is 0 Å². The summed E-state index contributed by atoms with van der Waals surface area (Å²) in [4.78, 5) is 4.59. The van der Waals surface area contributed by atoms with Gasteiger partial charge < -0.3 is 4.98 Å². The van der Waals surface area contributed by atoms with Gasteiger partial charge in [-0.3, -0.25) is 0 Å². The summed E-state index contributed by atoms with van der Waals surface area (Å²) < 4.78 is 1.06. The maximum atomic E-state index is 6.39. The monoisotopic (exact) mass is 535 g/mol. The van der Waals surface area contributed by atoms with Gasteiger partial charge in [-0.25, -0.2) is 0 Å².